The number of rotatable bonds is 6. The molecule has 4 rings (SSSR count). The highest BCUT2D eigenvalue weighted by atomic mass is 32.1. The average Bonchev–Trinajstić information content (AvgIpc) is 2.77. The first kappa shape index (κ1) is 24.1. The fraction of sp³-hybridized carbons (Fsp3) is 0.552. The van der Waals surface area contributed by atoms with Gasteiger partial charge in [-0.15, -0.1) is 0 Å². The van der Waals surface area contributed by atoms with Gasteiger partial charge in [0.05, 0.1) is 0 Å². The highest BCUT2D eigenvalue weighted by Crippen LogP contribution is 2.32. The topological polar surface area (TPSA) is 18.5 Å². The van der Waals surface area contributed by atoms with Crippen molar-refractivity contribution in [3.8, 4) is 0 Å². The van der Waals surface area contributed by atoms with Crippen LogP contribution in [-0.2, 0) is 13.0 Å². The van der Waals surface area contributed by atoms with E-state index < -0.39 is 0 Å². The molecule has 1 fully saturated rings. The second kappa shape index (κ2) is 10.9. The Labute approximate surface area is 206 Å². The minimum atomic E-state index is 0.497. The summed E-state index contributed by atoms with van der Waals surface area (Å²) in [6.07, 6.45) is 8.81. The number of fused-ring (bicyclic) bond motifs is 1. The predicted molar refractivity (Wildman–Crippen MR) is 146 cm³/mol. The minimum Gasteiger partial charge on any atom is -0.371 e. The summed E-state index contributed by atoms with van der Waals surface area (Å²) in [5.74, 6) is 0.662. The van der Waals surface area contributed by atoms with Crippen LogP contribution in [0.1, 0.15) is 74.6 Å². The summed E-state index contributed by atoms with van der Waals surface area (Å²) in [6, 6.07) is 14.3. The van der Waals surface area contributed by atoms with Crippen molar-refractivity contribution < 1.29 is 0 Å². The van der Waals surface area contributed by atoms with Gasteiger partial charge in [0, 0.05) is 37.1 Å². The second-order valence-electron chi connectivity index (χ2n) is 10.3. The van der Waals surface area contributed by atoms with E-state index in [2.05, 4.69) is 79.2 Å². The van der Waals surface area contributed by atoms with Crippen molar-refractivity contribution in [3.05, 3.63) is 58.7 Å². The first-order valence-corrected chi connectivity index (χ1v) is 13.4. The second-order valence-corrected chi connectivity index (χ2v) is 10.7. The molecule has 1 aliphatic heterocycles. The quantitative estimate of drug-likeness (QED) is 0.455. The lowest BCUT2D eigenvalue weighted by Gasteiger charge is -2.40. The van der Waals surface area contributed by atoms with Crippen molar-refractivity contribution >= 4 is 28.7 Å². The Hall–Kier alpha value is -2.07. The third kappa shape index (κ3) is 5.90. The first-order valence-electron chi connectivity index (χ1n) is 13.0. The highest BCUT2D eigenvalue weighted by Gasteiger charge is 2.29. The fourth-order valence-corrected chi connectivity index (χ4v) is 6.18. The number of hydrogen-bond acceptors (Lipinski definition) is 2. The van der Waals surface area contributed by atoms with E-state index in [1.807, 2.05) is 0 Å². The summed E-state index contributed by atoms with van der Waals surface area (Å²) in [4.78, 5) is 5.06. The van der Waals surface area contributed by atoms with Gasteiger partial charge in [-0.3, -0.25) is 0 Å². The monoisotopic (exact) mass is 463 g/mol. The summed E-state index contributed by atoms with van der Waals surface area (Å²) in [5.41, 5.74) is 7.98. The summed E-state index contributed by atoms with van der Waals surface area (Å²) in [6.45, 7) is 12.2. The first-order chi connectivity index (χ1) is 15.9. The molecule has 3 nitrogen and oxygen atoms in total. The summed E-state index contributed by atoms with van der Waals surface area (Å²) < 4.78 is 0. The van der Waals surface area contributed by atoms with Crippen LogP contribution in [-0.4, -0.2) is 29.1 Å². The molecule has 1 aliphatic carbocycles. The van der Waals surface area contributed by atoms with Crippen LogP contribution >= 0.6 is 12.2 Å². The van der Waals surface area contributed by atoms with E-state index in [0.717, 1.165) is 23.9 Å². The molecule has 2 aromatic carbocycles. The SMILES string of the molecule is CCCN1CCCc2cc(CN(C(=S)Nc3cc(C)cc(C)c3)[C@@H]3CCCC[C@H]3C)ccc21. The molecule has 0 unspecified atom stereocenters. The summed E-state index contributed by atoms with van der Waals surface area (Å²) >= 11 is 6.06. The zero-order valence-electron chi connectivity index (χ0n) is 21.0. The molecule has 0 radical (unpaired) electrons. The third-order valence-electron chi connectivity index (χ3n) is 7.41. The molecule has 1 N–H and O–H groups in total. The van der Waals surface area contributed by atoms with Crippen LogP contribution in [0.5, 0.6) is 0 Å². The summed E-state index contributed by atoms with van der Waals surface area (Å²) in [7, 11) is 0. The molecule has 0 bridgehead atoms. The van der Waals surface area contributed by atoms with Gasteiger partial charge >= 0.3 is 0 Å². The lowest BCUT2D eigenvalue weighted by atomic mass is 9.84. The molecular weight excluding hydrogens is 422 g/mol. The van der Waals surface area contributed by atoms with Gasteiger partial charge in [0.1, 0.15) is 0 Å². The molecule has 4 heteroatoms. The minimum absolute atomic E-state index is 0.497. The van der Waals surface area contributed by atoms with Crippen molar-refractivity contribution in [1.82, 2.24) is 4.90 Å². The number of aryl methyl sites for hydroxylation is 3. The maximum absolute atomic E-state index is 6.06. The molecule has 2 aliphatic rings. The van der Waals surface area contributed by atoms with Gasteiger partial charge < -0.3 is 15.1 Å². The number of benzene rings is 2. The van der Waals surface area contributed by atoms with Crippen molar-refractivity contribution in [2.45, 2.75) is 85.2 Å². The van der Waals surface area contributed by atoms with E-state index in [4.69, 9.17) is 12.2 Å². The van der Waals surface area contributed by atoms with Gasteiger partial charge in [-0.05, 0) is 105 Å². The third-order valence-corrected chi connectivity index (χ3v) is 7.74. The van der Waals surface area contributed by atoms with Crippen molar-refractivity contribution in [2.75, 3.05) is 23.3 Å². The normalized spacial score (nSPS) is 20.3. The highest BCUT2D eigenvalue weighted by molar-refractivity contribution is 7.80. The van der Waals surface area contributed by atoms with Gasteiger partial charge in [0.15, 0.2) is 5.11 Å². The largest absolute Gasteiger partial charge is 0.371 e. The fourth-order valence-electron chi connectivity index (χ4n) is 5.87. The van der Waals surface area contributed by atoms with E-state index in [-0.39, 0.29) is 0 Å². The van der Waals surface area contributed by atoms with E-state index in [0.29, 0.717) is 12.0 Å². The Morgan fingerprint density at radius 3 is 2.55 bits per heavy atom. The van der Waals surface area contributed by atoms with E-state index in [1.165, 1.54) is 79.4 Å². The van der Waals surface area contributed by atoms with Gasteiger partial charge in [0.2, 0.25) is 0 Å². The number of hydrogen-bond donors (Lipinski definition) is 1. The zero-order valence-corrected chi connectivity index (χ0v) is 21.8. The molecule has 0 spiro atoms. The number of nitrogens with one attached hydrogen (secondary N) is 1. The standard InChI is InChI=1S/C29H41N3S/c1-5-14-31-15-8-10-25-19-24(12-13-28(25)31)20-32(27-11-7-6-9-23(27)4)29(33)30-26-17-21(2)16-22(3)18-26/h12-13,16-19,23,27H,5-11,14-15,20H2,1-4H3,(H,30,33)/t23-,27-/m1/s1. The smallest absolute Gasteiger partial charge is 0.173 e. The van der Waals surface area contributed by atoms with Crippen LogP contribution in [0.3, 0.4) is 0 Å². The molecule has 0 amide bonds. The van der Waals surface area contributed by atoms with Crippen LogP contribution in [0.4, 0.5) is 11.4 Å². The maximum atomic E-state index is 6.06. The molecule has 0 saturated heterocycles. The molecule has 1 heterocycles. The predicted octanol–water partition coefficient (Wildman–Crippen LogP) is 7.24. The Bertz CT molecular complexity index is 949. The van der Waals surface area contributed by atoms with E-state index in [9.17, 15) is 0 Å². The van der Waals surface area contributed by atoms with Crippen LogP contribution in [0.15, 0.2) is 36.4 Å². The van der Waals surface area contributed by atoms with Crippen LogP contribution in [0, 0.1) is 19.8 Å². The van der Waals surface area contributed by atoms with Crippen LogP contribution in [0.2, 0.25) is 0 Å². The molecule has 0 aromatic heterocycles. The molecular formula is C29H41N3S. The van der Waals surface area contributed by atoms with Gasteiger partial charge in [-0.25, -0.2) is 0 Å². The molecule has 2 aromatic rings. The van der Waals surface area contributed by atoms with Gasteiger partial charge in [-0.2, -0.15) is 0 Å². The molecule has 178 valence electrons. The zero-order chi connectivity index (χ0) is 23.4. The Morgan fingerprint density at radius 1 is 1.06 bits per heavy atom. The molecule has 2 atom stereocenters. The van der Waals surface area contributed by atoms with Crippen molar-refractivity contribution in [1.29, 1.82) is 0 Å². The van der Waals surface area contributed by atoms with Crippen molar-refractivity contribution in [2.24, 2.45) is 5.92 Å². The Kier molecular flexibility index (Phi) is 7.95. The Morgan fingerprint density at radius 2 is 1.82 bits per heavy atom. The number of thiocarbonyl (C=S) groups is 1. The number of nitrogens with zero attached hydrogens (tertiary/aromatic N) is 2. The van der Waals surface area contributed by atoms with Gasteiger partial charge in [-0.1, -0.05) is 44.9 Å². The van der Waals surface area contributed by atoms with E-state index >= 15 is 0 Å². The van der Waals surface area contributed by atoms with Crippen molar-refractivity contribution in [3.63, 3.8) is 0 Å². The Balaban J connectivity index is 1.58. The molecule has 1 saturated carbocycles. The average molecular weight is 464 g/mol. The van der Waals surface area contributed by atoms with Crippen LogP contribution in [0.25, 0.3) is 0 Å². The van der Waals surface area contributed by atoms with Gasteiger partial charge in [0.25, 0.3) is 0 Å². The molecule has 33 heavy (non-hydrogen) atoms. The maximum Gasteiger partial charge on any atom is 0.173 e. The summed E-state index contributed by atoms with van der Waals surface area (Å²) in [5, 5.41) is 4.46. The lowest BCUT2D eigenvalue weighted by molar-refractivity contribution is 0.177. The number of anilines is 2. The van der Waals surface area contributed by atoms with Crippen LogP contribution < -0.4 is 10.2 Å². The lowest BCUT2D eigenvalue weighted by Crippen LogP contribution is -2.46. The van der Waals surface area contributed by atoms with E-state index in [1.54, 1.807) is 0 Å².